The van der Waals surface area contributed by atoms with E-state index in [-0.39, 0.29) is 0 Å². The molecule has 1 aromatic rings. The molecule has 16 heavy (non-hydrogen) atoms. The van der Waals surface area contributed by atoms with Crippen LogP contribution in [0.1, 0.15) is 12.8 Å². The van der Waals surface area contributed by atoms with Gasteiger partial charge >= 0.3 is 0 Å². The van der Waals surface area contributed by atoms with Crippen LogP contribution in [0, 0.1) is 0 Å². The van der Waals surface area contributed by atoms with Crippen LogP contribution in [0.25, 0.3) is 0 Å². The average molecular weight is 221 g/mol. The van der Waals surface area contributed by atoms with Crippen molar-refractivity contribution in [2.24, 2.45) is 0 Å². The van der Waals surface area contributed by atoms with Crippen molar-refractivity contribution in [2.45, 2.75) is 18.9 Å². The zero-order chi connectivity index (χ0) is 11.4. The van der Waals surface area contributed by atoms with Crippen molar-refractivity contribution in [1.29, 1.82) is 0 Å². The Labute approximate surface area is 96.3 Å². The van der Waals surface area contributed by atoms with Crippen LogP contribution in [0.5, 0.6) is 0 Å². The summed E-state index contributed by atoms with van der Waals surface area (Å²) in [6.07, 6.45) is 4.14. The molecule has 1 heterocycles. The van der Waals surface area contributed by atoms with Gasteiger partial charge in [-0.15, -0.1) is 0 Å². The lowest BCUT2D eigenvalue weighted by Crippen LogP contribution is -2.27. The van der Waals surface area contributed by atoms with Gasteiger partial charge in [0.05, 0.1) is 0 Å². The lowest BCUT2D eigenvalue weighted by Gasteiger charge is -2.18. The van der Waals surface area contributed by atoms with Crippen molar-refractivity contribution in [1.82, 2.24) is 15.3 Å². The lowest BCUT2D eigenvalue weighted by atomic mass is 10.4. The van der Waals surface area contributed by atoms with E-state index in [1.54, 1.807) is 6.33 Å². The summed E-state index contributed by atoms with van der Waals surface area (Å²) < 4.78 is 0. The van der Waals surface area contributed by atoms with Crippen LogP contribution in [-0.2, 0) is 0 Å². The summed E-state index contributed by atoms with van der Waals surface area (Å²) in [5.74, 6) is 1.90. The fourth-order valence-corrected chi connectivity index (χ4v) is 1.47. The van der Waals surface area contributed by atoms with E-state index in [9.17, 15) is 0 Å². The molecule has 1 aliphatic carbocycles. The molecule has 1 aliphatic rings. The van der Waals surface area contributed by atoms with Crippen LogP contribution < -0.4 is 15.5 Å². The summed E-state index contributed by atoms with van der Waals surface area (Å²) in [7, 11) is 3.99. The Morgan fingerprint density at radius 2 is 2.25 bits per heavy atom. The number of likely N-dealkylation sites (N-methyl/N-ethyl adjacent to an activating group) is 2. The number of nitrogens with one attached hydrogen (secondary N) is 2. The maximum Gasteiger partial charge on any atom is 0.133 e. The molecule has 0 aromatic carbocycles. The number of hydrogen-bond donors (Lipinski definition) is 2. The second-order valence-corrected chi connectivity index (χ2v) is 4.21. The van der Waals surface area contributed by atoms with Crippen LogP contribution in [0.3, 0.4) is 0 Å². The molecular weight excluding hydrogens is 202 g/mol. The smallest absolute Gasteiger partial charge is 0.133 e. The zero-order valence-corrected chi connectivity index (χ0v) is 9.90. The monoisotopic (exact) mass is 221 g/mol. The molecule has 1 saturated carbocycles. The quantitative estimate of drug-likeness (QED) is 0.741. The molecule has 1 fully saturated rings. The first-order valence-electron chi connectivity index (χ1n) is 5.74. The van der Waals surface area contributed by atoms with Crippen molar-refractivity contribution in [3.8, 4) is 0 Å². The Kier molecular flexibility index (Phi) is 3.56. The molecule has 5 heteroatoms. The summed E-state index contributed by atoms with van der Waals surface area (Å²) in [6.45, 7) is 1.89. The molecule has 88 valence electrons. The van der Waals surface area contributed by atoms with Crippen LogP contribution >= 0.6 is 0 Å². The Hall–Kier alpha value is -1.36. The van der Waals surface area contributed by atoms with Crippen LogP contribution in [0.15, 0.2) is 12.4 Å². The SMILES string of the molecule is CNCCN(C)c1cc(NC2CC2)ncn1. The number of aromatic nitrogens is 2. The summed E-state index contributed by atoms with van der Waals surface area (Å²) >= 11 is 0. The lowest BCUT2D eigenvalue weighted by molar-refractivity contribution is 0.760. The first-order chi connectivity index (χ1) is 7.79. The van der Waals surface area contributed by atoms with Crippen LogP contribution in [0.2, 0.25) is 0 Å². The zero-order valence-electron chi connectivity index (χ0n) is 9.90. The van der Waals surface area contributed by atoms with Crippen molar-refractivity contribution < 1.29 is 0 Å². The highest BCUT2D eigenvalue weighted by molar-refractivity contribution is 5.48. The van der Waals surface area contributed by atoms with Crippen molar-refractivity contribution in [3.63, 3.8) is 0 Å². The summed E-state index contributed by atoms with van der Waals surface area (Å²) in [5.41, 5.74) is 0. The molecule has 0 amide bonds. The first-order valence-corrected chi connectivity index (χ1v) is 5.74. The Bertz CT molecular complexity index is 337. The fourth-order valence-electron chi connectivity index (χ4n) is 1.47. The minimum atomic E-state index is 0.630. The topological polar surface area (TPSA) is 53.1 Å². The van der Waals surface area contributed by atoms with Gasteiger partial charge in [-0.1, -0.05) is 0 Å². The molecular formula is C11H19N5. The van der Waals surface area contributed by atoms with Crippen LogP contribution in [-0.4, -0.2) is 43.2 Å². The highest BCUT2D eigenvalue weighted by Gasteiger charge is 2.21. The Balaban J connectivity index is 1.96. The molecule has 0 saturated heterocycles. The third-order valence-electron chi connectivity index (χ3n) is 2.67. The molecule has 0 aliphatic heterocycles. The number of hydrogen-bond acceptors (Lipinski definition) is 5. The highest BCUT2D eigenvalue weighted by atomic mass is 15.2. The van der Waals surface area contributed by atoms with E-state index in [1.807, 2.05) is 20.2 Å². The number of rotatable bonds is 6. The van der Waals surface area contributed by atoms with Crippen LogP contribution in [0.4, 0.5) is 11.6 Å². The third-order valence-corrected chi connectivity index (χ3v) is 2.67. The van der Waals surface area contributed by atoms with Gasteiger partial charge in [-0.2, -0.15) is 0 Å². The predicted octanol–water partition coefficient (Wildman–Crippen LogP) is 0.706. The molecule has 0 spiro atoms. The maximum atomic E-state index is 4.27. The van der Waals surface area contributed by atoms with E-state index < -0.39 is 0 Å². The third kappa shape index (κ3) is 3.06. The summed E-state index contributed by atoms with van der Waals surface area (Å²) in [4.78, 5) is 10.6. The molecule has 2 N–H and O–H groups in total. The van der Waals surface area contributed by atoms with Gasteiger partial charge in [-0.25, -0.2) is 9.97 Å². The molecule has 0 atom stereocenters. The molecule has 0 radical (unpaired) electrons. The predicted molar refractivity (Wildman–Crippen MR) is 65.9 cm³/mol. The molecule has 0 bridgehead atoms. The van der Waals surface area contributed by atoms with E-state index >= 15 is 0 Å². The van der Waals surface area contributed by atoms with E-state index in [2.05, 4.69) is 25.5 Å². The first kappa shape index (κ1) is 11.1. The van der Waals surface area contributed by atoms with Gasteiger partial charge in [-0.3, -0.25) is 0 Å². The van der Waals surface area contributed by atoms with Gasteiger partial charge in [0.25, 0.3) is 0 Å². The Morgan fingerprint density at radius 3 is 2.94 bits per heavy atom. The fraction of sp³-hybridized carbons (Fsp3) is 0.636. The maximum absolute atomic E-state index is 4.27. The molecule has 5 nitrogen and oxygen atoms in total. The van der Waals surface area contributed by atoms with Crippen molar-refractivity contribution in [3.05, 3.63) is 12.4 Å². The largest absolute Gasteiger partial charge is 0.367 e. The van der Waals surface area contributed by atoms with Gasteiger partial charge < -0.3 is 15.5 Å². The molecule has 2 rings (SSSR count). The molecule has 0 unspecified atom stereocenters. The van der Waals surface area contributed by atoms with E-state index in [4.69, 9.17) is 0 Å². The standard InChI is InChI=1S/C11H19N5/c1-12-5-6-16(2)11-7-10(13-8-14-11)15-9-3-4-9/h7-9,12H,3-6H2,1-2H3,(H,13,14,15). The average Bonchev–Trinajstić information content (AvgIpc) is 3.10. The van der Waals surface area contributed by atoms with Gasteiger partial charge in [0.2, 0.25) is 0 Å². The van der Waals surface area contributed by atoms with E-state index in [0.29, 0.717) is 6.04 Å². The van der Waals surface area contributed by atoms with Gasteiger partial charge in [0.1, 0.15) is 18.0 Å². The number of anilines is 2. The second-order valence-electron chi connectivity index (χ2n) is 4.21. The van der Waals surface area contributed by atoms with Crippen molar-refractivity contribution >= 4 is 11.6 Å². The van der Waals surface area contributed by atoms with Gasteiger partial charge in [-0.05, 0) is 19.9 Å². The normalized spacial score (nSPS) is 14.9. The second kappa shape index (κ2) is 5.12. The number of nitrogens with zero attached hydrogens (tertiary/aromatic N) is 3. The Morgan fingerprint density at radius 1 is 1.44 bits per heavy atom. The van der Waals surface area contributed by atoms with E-state index in [1.165, 1.54) is 12.8 Å². The summed E-state index contributed by atoms with van der Waals surface area (Å²) in [5, 5.41) is 6.50. The van der Waals surface area contributed by atoms with Gasteiger partial charge in [0, 0.05) is 32.2 Å². The minimum absolute atomic E-state index is 0.630. The van der Waals surface area contributed by atoms with E-state index in [0.717, 1.165) is 24.7 Å². The summed E-state index contributed by atoms with van der Waals surface area (Å²) in [6, 6.07) is 2.64. The highest BCUT2D eigenvalue weighted by Crippen LogP contribution is 2.24. The van der Waals surface area contributed by atoms with Gasteiger partial charge in [0.15, 0.2) is 0 Å². The molecule has 1 aromatic heterocycles. The minimum Gasteiger partial charge on any atom is -0.367 e. The van der Waals surface area contributed by atoms with Crippen molar-refractivity contribution in [2.75, 3.05) is 37.4 Å².